The van der Waals surface area contributed by atoms with E-state index in [1.54, 1.807) is 61.4 Å². The normalized spacial score (nSPS) is 24.1. The van der Waals surface area contributed by atoms with Crippen LogP contribution < -0.4 is 19.3 Å². The molecule has 1 saturated carbocycles. The summed E-state index contributed by atoms with van der Waals surface area (Å²) in [6.07, 6.45) is 3.53. The summed E-state index contributed by atoms with van der Waals surface area (Å²) >= 11 is 0. The van der Waals surface area contributed by atoms with Gasteiger partial charge in [0.15, 0.2) is 0 Å². The van der Waals surface area contributed by atoms with Gasteiger partial charge in [-0.2, -0.15) is 0 Å². The first-order valence-corrected chi connectivity index (χ1v) is 12.0. The first-order chi connectivity index (χ1) is 16.9. The summed E-state index contributed by atoms with van der Waals surface area (Å²) in [5, 5.41) is 0. The lowest BCUT2D eigenvalue weighted by Gasteiger charge is -2.19. The van der Waals surface area contributed by atoms with Crippen LogP contribution in [0.3, 0.4) is 0 Å². The topological polar surface area (TPSA) is 93.2 Å². The van der Waals surface area contributed by atoms with Gasteiger partial charge in [-0.05, 0) is 67.8 Å². The fourth-order valence-corrected chi connectivity index (χ4v) is 5.42. The van der Waals surface area contributed by atoms with Crippen LogP contribution in [0.2, 0.25) is 0 Å². The van der Waals surface area contributed by atoms with Gasteiger partial charge < -0.3 is 14.4 Å². The molecule has 3 aliphatic rings. The van der Waals surface area contributed by atoms with E-state index in [0.29, 0.717) is 28.4 Å². The zero-order chi connectivity index (χ0) is 24.7. The molecule has 3 atom stereocenters. The molecule has 2 heterocycles. The third kappa shape index (κ3) is 4.17. The number of hydrogen-bond donors (Lipinski definition) is 0. The Morgan fingerprint density at radius 3 is 2.14 bits per heavy atom. The minimum atomic E-state index is -0.588. The van der Waals surface area contributed by atoms with Crippen LogP contribution in [0, 0.1) is 24.7 Å². The van der Waals surface area contributed by atoms with Gasteiger partial charge in [-0.1, -0.05) is 12.8 Å². The first kappa shape index (κ1) is 23.1. The summed E-state index contributed by atoms with van der Waals surface area (Å²) in [4.78, 5) is 54.1. The number of benzene rings is 2. The van der Waals surface area contributed by atoms with E-state index < -0.39 is 11.9 Å². The van der Waals surface area contributed by atoms with E-state index in [9.17, 15) is 19.2 Å². The number of ether oxygens (including phenoxy) is 2. The van der Waals surface area contributed by atoms with E-state index >= 15 is 0 Å². The smallest absolute Gasteiger partial charge is 0.316 e. The SMILES string of the molecule is COc1ccc(N2CC(C(=O)Oc3ccc(N4C(=O)C5CCCCC5C4=O)c(C)c3)CC2=O)cc1. The standard InChI is InChI=1S/C27H28N2O6/c1-16-13-20(11-12-23(16)29-25(31)21-5-3-4-6-22(21)26(29)32)35-27(33)17-14-24(30)28(15-17)18-7-9-19(34-2)10-8-18/h7-13,17,21-22H,3-6,14-15H2,1-2H3. The number of rotatable bonds is 5. The molecule has 3 fully saturated rings. The quantitative estimate of drug-likeness (QED) is 0.372. The predicted octanol–water partition coefficient (Wildman–Crippen LogP) is 3.64. The second kappa shape index (κ2) is 9.17. The molecule has 5 rings (SSSR count). The van der Waals surface area contributed by atoms with Gasteiger partial charge >= 0.3 is 5.97 Å². The number of carbonyl (C=O) groups is 4. The van der Waals surface area contributed by atoms with Crippen molar-refractivity contribution in [1.82, 2.24) is 0 Å². The van der Waals surface area contributed by atoms with E-state index in [-0.39, 0.29) is 42.5 Å². The molecular formula is C27H28N2O6. The molecule has 3 unspecified atom stereocenters. The molecule has 0 radical (unpaired) electrons. The van der Waals surface area contributed by atoms with Gasteiger partial charge in [0, 0.05) is 18.7 Å². The van der Waals surface area contributed by atoms with Crippen molar-refractivity contribution in [2.75, 3.05) is 23.5 Å². The summed E-state index contributed by atoms with van der Waals surface area (Å²) in [6, 6.07) is 12.0. The Morgan fingerprint density at radius 2 is 1.54 bits per heavy atom. The van der Waals surface area contributed by atoms with Crippen molar-refractivity contribution < 1.29 is 28.7 Å². The van der Waals surface area contributed by atoms with Gasteiger partial charge in [0.25, 0.3) is 0 Å². The maximum Gasteiger partial charge on any atom is 0.316 e. The average molecular weight is 477 g/mol. The molecule has 182 valence electrons. The van der Waals surface area contributed by atoms with E-state index in [2.05, 4.69) is 0 Å². The Bertz CT molecular complexity index is 1170. The average Bonchev–Trinajstić information content (AvgIpc) is 3.37. The Balaban J connectivity index is 1.26. The highest BCUT2D eigenvalue weighted by Crippen LogP contribution is 2.41. The fourth-order valence-electron chi connectivity index (χ4n) is 5.42. The maximum atomic E-state index is 12.9. The lowest BCUT2D eigenvalue weighted by molar-refractivity contribution is -0.139. The summed E-state index contributed by atoms with van der Waals surface area (Å²) in [7, 11) is 1.57. The number of imide groups is 1. The number of hydrogen-bond acceptors (Lipinski definition) is 6. The third-order valence-corrected chi connectivity index (χ3v) is 7.31. The molecule has 2 saturated heterocycles. The molecule has 0 aromatic heterocycles. The van der Waals surface area contributed by atoms with E-state index in [1.807, 2.05) is 0 Å². The van der Waals surface area contributed by atoms with Crippen molar-refractivity contribution in [3.05, 3.63) is 48.0 Å². The minimum Gasteiger partial charge on any atom is -0.497 e. The van der Waals surface area contributed by atoms with E-state index in [0.717, 1.165) is 25.7 Å². The molecule has 2 aliphatic heterocycles. The Morgan fingerprint density at radius 1 is 0.914 bits per heavy atom. The molecule has 8 nitrogen and oxygen atoms in total. The van der Waals surface area contributed by atoms with Crippen molar-refractivity contribution in [3.63, 3.8) is 0 Å². The van der Waals surface area contributed by atoms with Gasteiger partial charge in [0.1, 0.15) is 11.5 Å². The van der Waals surface area contributed by atoms with Crippen molar-refractivity contribution >= 4 is 35.1 Å². The van der Waals surface area contributed by atoms with Crippen molar-refractivity contribution in [3.8, 4) is 11.5 Å². The van der Waals surface area contributed by atoms with Crippen LogP contribution >= 0.6 is 0 Å². The number of methoxy groups -OCH3 is 1. The van der Waals surface area contributed by atoms with Gasteiger partial charge in [0.05, 0.1) is 30.6 Å². The number of anilines is 2. The minimum absolute atomic E-state index is 0.0709. The number of fused-ring (bicyclic) bond motifs is 1. The fraction of sp³-hybridized carbons (Fsp3) is 0.407. The highest BCUT2D eigenvalue weighted by molar-refractivity contribution is 6.22. The highest BCUT2D eigenvalue weighted by Gasteiger charge is 2.49. The second-order valence-electron chi connectivity index (χ2n) is 9.48. The molecule has 8 heteroatoms. The van der Waals surface area contributed by atoms with Gasteiger partial charge in [-0.25, -0.2) is 4.90 Å². The molecule has 2 aromatic carbocycles. The highest BCUT2D eigenvalue weighted by atomic mass is 16.5. The van der Waals surface area contributed by atoms with Crippen LogP contribution in [0.5, 0.6) is 11.5 Å². The van der Waals surface area contributed by atoms with Crippen LogP contribution in [-0.4, -0.2) is 37.3 Å². The zero-order valence-electron chi connectivity index (χ0n) is 19.9. The number of aryl methyl sites for hydroxylation is 1. The van der Waals surface area contributed by atoms with Crippen molar-refractivity contribution in [1.29, 1.82) is 0 Å². The monoisotopic (exact) mass is 476 g/mol. The van der Waals surface area contributed by atoms with Crippen LogP contribution in [0.15, 0.2) is 42.5 Å². The lowest BCUT2D eigenvalue weighted by Crippen LogP contribution is -2.31. The summed E-state index contributed by atoms with van der Waals surface area (Å²) in [5.41, 5.74) is 1.92. The molecule has 0 spiro atoms. The summed E-state index contributed by atoms with van der Waals surface area (Å²) in [6.45, 7) is 2.03. The van der Waals surface area contributed by atoms with Crippen LogP contribution in [0.25, 0.3) is 0 Å². The molecule has 0 N–H and O–H groups in total. The number of amides is 3. The summed E-state index contributed by atoms with van der Waals surface area (Å²) < 4.78 is 10.7. The molecular weight excluding hydrogens is 448 g/mol. The predicted molar refractivity (Wildman–Crippen MR) is 128 cm³/mol. The zero-order valence-corrected chi connectivity index (χ0v) is 19.9. The van der Waals surface area contributed by atoms with Crippen molar-refractivity contribution in [2.24, 2.45) is 17.8 Å². The Kier molecular flexibility index (Phi) is 6.05. The maximum absolute atomic E-state index is 12.9. The second-order valence-corrected chi connectivity index (χ2v) is 9.48. The Labute approximate surface area is 203 Å². The summed E-state index contributed by atoms with van der Waals surface area (Å²) in [5.74, 6) is -0.907. The number of nitrogens with zero attached hydrogens (tertiary/aromatic N) is 2. The van der Waals surface area contributed by atoms with E-state index in [1.165, 1.54) is 4.90 Å². The van der Waals surface area contributed by atoms with Gasteiger partial charge in [0.2, 0.25) is 17.7 Å². The molecule has 0 bridgehead atoms. The third-order valence-electron chi connectivity index (χ3n) is 7.31. The van der Waals surface area contributed by atoms with Crippen LogP contribution in [0.1, 0.15) is 37.7 Å². The lowest BCUT2D eigenvalue weighted by atomic mass is 9.81. The van der Waals surface area contributed by atoms with E-state index in [4.69, 9.17) is 9.47 Å². The first-order valence-electron chi connectivity index (χ1n) is 12.0. The largest absolute Gasteiger partial charge is 0.497 e. The molecule has 3 amide bonds. The van der Waals surface area contributed by atoms with Gasteiger partial charge in [-0.3, -0.25) is 19.2 Å². The Hall–Kier alpha value is -3.68. The molecule has 2 aromatic rings. The molecule has 35 heavy (non-hydrogen) atoms. The molecule has 1 aliphatic carbocycles. The number of carbonyl (C=O) groups excluding carboxylic acids is 4. The number of esters is 1. The van der Waals surface area contributed by atoms with Crippen molar-refractivity contribution in [2.45, 2.75) is 39.0 Å². The van der Waals surface area contributed by atoms with Crippen LogP contribution in [-0.2, 0) is 19.2 Å². The van der Waals surface area contributed by atoms with Gasteiger partial charge in [-0.15, -0.1) is 0 Å². The van der Waals surface area contributed by atoms with Crippen LogP contribution in [0.4, 0.5) is 11.4 Å².